The Labute approximate surface area is 259 Å². The third-order valence-corrected chi connectivity index (χ3v) is 8.28. The second-order valence-electron chi connectivity index (χ2n) is 10.4. The third-order valence-electron chi connectivity index (χ3n) is 6.33. The molecule has 43 heavy (non-hydrogen) atoms. The molecule has 0 radical (unpaired) electrons. The van der Waals surface area contributed by atoms with E-state index in [0.717, 1.165) is 21.1 Å². The predicted octanol–water partition coefficient (Wildman–Crippen LogP) is 3.54. The van der Waals surface area contributed by atoms with Gasteiger partial charge in [0.2, 0.25) is 11.8 Å². The summed E-state index contributed by atoms with van der Waals surface area (Å²) >= 11 is 2.93. The molecule has 0 fully saturated rings. The molecule has 1 aromatic carbocycles. The number of alkyl carbamates (subject to hydrolysis) is 1. The van der Waals surface area contributed by atoms with E-state index in [0.29, 0.717) is 25.8 Å². The maximum atomic E-state index is 13.4. The molecule has 3 rings (SSSR count). The van der Waals surface area contributed by atoms with Crippen LogP contribution in [0.15, 0.2) is 47.4 Å². The number of ether oxygens (including phenoxy) is 1. The molecule has 0 bridgehead atoms. The zero-order chi connectivity index (χ0) is 31.2. The van der Waals surface area contributed by atoms with Gasteiger partial charge in [-0.25, -0.2) is 14.6 Å². The lowest BCUT2D eigenvalue weighted by molar-refractivity contribution is -0.127. The largest absolute Gasteiger partial charge is 0.444 e. The van der Waals surface area contributed by atoms with Gasteiger partial charge in [0, 0.05) is 37.1 Å². The molecule has 0 saturated carbocycles. The minimum atomic E-state index is -1.16. The van der Waals surface area contributed by atoms with Crippen LogP contribution in [0.25, 0.3) is 0 Å². The summed E-state index contributed by atoms with van der Waals surface area (Å²) in [5.74, 6) is -0.955. The van der Waals surface area contributed by atoms with Crippen LogP contribution in [-0.4, -0.2) is 64.5 Å². The topological polar surface area (TPSA) is 169 Å². The highest BCUT2D eigenvalue weighted by Crippen LogP contribution is 2.20. The van der Waals surface area contributed by atoms with Crippen molar-refractivity contribution in [2.75, 3.05) is 13.6 Å². The van der Waals surface area contributed by atoms with Crippen LogP contribution in [-0.2, 0) is 33.9 Å². The number of carbonyl (C=O) groups excluding carboxylic acids is 4. The number of aromatic nitrogens is 2. The number of hydrogen-bond donors (Lipinski definition) is 4. The average molecular weight is 630 g/mol. The first-order valence-corrected chi connectivity index (χ1v) is 15.7. The van der Waals surface area contributed by atoms with Crippen molar-refractivity contribution >= 4 is 46.6 Å². The first-order chi connectivity index (χ1) is 20.6. The van der Waals surface area contributed by atoms with E-state index in [9.17, 15) is 19.2 Å². The van der Waals surface area contributed by atoms with Crippen molar-refractivity contribution in [3.8, 4) is 0 Å². The third kappa shape index (κ3) is 12.0. The van der Waals surface area contributed by atoms with Crippen LogP contribution in [0.4, 0.5) is 9.59 Å². The second kappa shape index (κ2) is 17.2. The summed E-state index contributed by atoms with van der Waals surface area (Å²) < 4.78 is 5.19. The van der Waals surface area contributed by atoms with Gasteiger partial charge in [0.1, 0.15) is 12.6 Å². The minimum Gasteiger partial charge on any atom is -0.444 e. The van der Waals surface area contributed by atoms with Gasteiger partial charge >= 0.3 is 12.1 Å². The lowest BCUT2D eigenvalue weighted by Crippen LogP contribution is -2.53. The molecule has 2 atom stereocenters. The quantitative estimate of drug-likeness (QED) is 0.176. The van der Waals surface area contributed by atoms with Crippen LogP contribution < -0.4 is 21.7 Å². The number of nitrogens with two attached hydrogens (primary N) is 1. The molecule has 232 valence electrons. The molecular weight excluding hydrogens is 590 g/mol. The Kier molecular flexibility index (Phi) is 13.4. The predicted molar refractivity (Wildman–Crippen MR) is 165 cm³/mol. The van der Waals surface area contributed by atoms with Crippen LogP contribution in [0.3, 0.4) is 0 Å². The summed E-state index contributed by atoms with van der Waals surface area (Å²) in [7, 11) is 1.59. The van der Waals surface area contributed by atoms with Crippen molar-refractivity contribution in [1.29, 1.82) is 0 Å². The van der Waals surface area contributed by atoms with E-state index in [-0.39, 0.29) is 31.5 Å². The van der Waals surface area contributed by atoms with Gasteiger partial charge in [-0.05, 0) is 24.8 Å². The van der Waals surface area contributed by atoms with E-state index in [1.807, 2.05) is 49.6 Å². The molecule has 0 spiro atoms. The van der Waals surface area contributed by atoms with Gasteiger partial charge in [-0.2, -0.15) is 0 Å². The molecule has 14 heteroatoms. The number of benzene rings is 1. The number of hydrogen-bond acceptors (Lipinski definition) is 9. The highest BCUT2D eigenvalue weighted by atomic mass is 32.1. The molecule has 0 unspecified atom stereocenters. The van der Waals surface area contributed by atoms with Crippen molar-refractivity contribution in [1.82, 2.24) is 30.8 Å². The number of primary amides is 1. The number of urea groups is 1. The lowest BCUT2D eigenvalue weighted by atomic mass is 10.0. The van der Waals surface area contributed by atoms with E-state index in [1.165, 1.54) is 27.6 Å². The SMILES string of the molecule is CC(C)c1nc(CN(C)C(=O)N[C@@H](CC(N)=O)C(=O)N[C@H](CCCNC(=O)OCc2cncs2)Cc2ccccc2)cs1. The molecule has 0 saturated heterocycles. The molecule has 0 aliphatic heterocycles. The zero-order valence-electron chi connectivity index (χ0n) is 24.6. The number of carbonyl (C=O) groups is 4. The average Bonchev–Trinajstić information content (AvgIpc) is 3.66. The van der Waals surface area contributed by atoms with E-state index in [4.69, 9.17) is 10.5 Å². The summed E-state index contributed by atoms with van der Waals surface area (Å²) in [5, 5.41) is 11.2. The molecule has 0 aliphatic rings. The number of thiazole rings is 2. The van der Waals surface area contributed by atoms with Crippen molar-refractivity contribution in [2.24, 2.45) is 5.73 Å². The Morgan fingerprint density at radius 1 is 1.09 bits per heavy atom. The number of rotatable bonds is 16. The Bertz CT molecular complexity index is 1320. The van der Waals surface area contributed by atoms with Crippen molar-refractivity contribution in [3.63, 3.8) is 0 Å². The molecule has 5 N–H and O–H groups in total. The zero-order valence-corrected chi connectivity index (χ0v) is 26.2. The monoisotopic (exact) mass is 629 g/mol. The Morgan fingerprint density at radius 2 is 1.86 bits per heavy atom. The minimum absolute atomic E-state index is 0.147. The summed E-state index contributed by atoms with van der Waals surface area (Å²) in [6.45, 7) is 4.83. The van der Waals surface area contributed by atoms with E-state index in [2.05, 4.69) is 25.9 Å². The van der Waals surface area contributed by atoms with Gasteiger partial charge in [-0.1, -0.05) is 44.2 Å². The van der Waals surface area contributed by atoms with Gasteiger partial charge in [0.15, 0.2) is 0 Å². The van der Waals surface area contributed by atoms with E-state index >= 15 is 0 Å². The number of amides is 5. The summed E-state index contributed by atoms with van der Waals surface area (Å²) in [6, 6.07) is 7.61. The highest BCUT2D eigenvalue weighted by Gasteiger charge is 2.27. The summed E-state index contributed by atoms with van der Waals surface area (Å²) in [6.07, 6.45) is 2.34. The van der Waals surface area contributed by atoms with Crippen LogP contribution in [0.2, 0.25) is 0 Å². The summed E-state index contributed by atoms with van der Waals surface area (Å²) in [5.41, 5.74) is 8.84. The Balaban J connectivity index is 1.57. The molecule has 2 aromatic heterocycles. The first-order valence-electron chi connectivity index (χ1n) is 14.0. The smallest absolute Gasteiger partial charge is 0.407 e. The van der Waals surface area contributed by atoms with Crippen LogP contribution in [0, 0.1) is 0 Å². The fraction of sp³-hybridized carbons (Fsp3) is 0.448. The van der Waals surface area contributed by atoms with Gasteiger partial charge in [-0.15, -0.1) is 22.7 Å². The number of nitrogens with one attached hydrogen (secondary N) is 3. The number of nitrogens with zero attached hydrogens (tertiary/aromatic N) is 3. The normalized spacial score (nSPS) is 12.3. The Morgan fingerprint density at radius 3 is 2.51 bits per heavy atom. The molecule has 12 nitrogen and oxygen atoms in total. The first kappa shape index (κ1) is 33.5. The molecular formula is C29H39N7O5S2. The standard InChI is InChI=1S/C29H39N7O5S2/c1-19(2)27-34-22(17-42-27)15-36(3)28(39)35-24(13-25(30)37)26(38)33-21(12-20-8-5-4-6-9-20)10-7-11-32-29(40)41-16-23-14-31-18-43-23/h4-6,8-9,14,17-19,21,24H,7,10-13,15-16H2,1-3H3,(H2,30,37)(H,32,40)(H,33,38)(H,35,39)/t21-,24+/m1/s1. The summed E-state index contributed by atoms with van der Waals surface area (Å²) in [4.78, 5) is 60.9. The molecule has 0 aliphatic carbocycles. The maximum absolute atomic E-state index is 13.4. The van der Waals surface area contributed by atoms with Crippen LogP contribution >= 0.6 is 22.7 Å². The van der Waals surface area contributed by atoms with Gasteiger partial charge in [0.05, 0.1) is 34.1 Å². The van der Waals surface area contributed by atoms with Crippen LogP contribution in [0.5, 0.6) is 0 Å². The molecule has 2 heterocycles. The fourth-order valence-corrected chi connectivity index (χ4v) is 5.44. The molecule has 3 aromatic rings. The van der Waals surface area contributed by atoms with Gasteiger partial charge < -0.3 is 31.3 Å². The van der Waals surface area contributed by atoms with Gasteiger partial charge in [0.25, 0.3) is 0 Å². The van der Waals surface area contributed by atoms with E-state index in [1.54, 1.807) is 18.8 Å². The van der Waals surface area contributed by atoms with Crippen molar-refractivity contribution in [2.45, 2.75) is 70.7 Å². The van der Waals surface area contributed by atoms with E-state index < -0.39 is 30.0 Å². The lowest BCUT2D eigenvalue weighted by Gasteiger charge is -2.25. The maximum Gasteiger partial charge on any atom is 0.407 e. The van der Waals surface area contributed by atoms with Crippen molar-refractivity contribution < 1.29 is 23.9 Å². The Hall–Kier alpha value is -4.04. The fourth-order valence-electron chi connectivity index (χ4n) is 4.11. The van der Waals surface area contributed by atoms with Crippen molar-refractivity contribution in [3.05, 3.63) is 68.6 Å². The second-order valence-corrected chi connectivity index (χ2v) is 12.2. The van der Waals surface area contributed by atoms with Crippen LogP contribution in [0.1, 0.15) is 60.2 Å². The molecule has 5 amide bonds. The van der Waals surface area contributed by atoms with Gasteiger partial charge in [-0.3, -0.25) is 14.6 Å². The highest BCUT2D eigenvalue weighted by molar-refractivity contribution is 7.09.